The predicted octanol–water partition coefficient (Wildman–Crippen LogP) is 9.74. The van der Waals surface area contributed by atoms with Crippen LogP contribution in [0.25, 0.3) is 0 Å². The van der Waals surface area contributed by atoms with Crippen molar-refractivity contribution in [3.8, 4) is 11.5 Å². The molecule has 34 heavy (non-hydrogen) atoms. The van der Waals surface area contributed by atoms with Gasteiger partial charge in [-0.3, -0.25) is 4.79 Å². The number of hydrogen-bond donors (Lipinski definition) is 0. The van der Waals surface area contributed by atoms with E-state index in [0.29, 0.717) is 18.8 Å². The molecule has 0 saturated heterocycles. The second kappa shape index (κ2) is 23.2. The average molecular weight is 474 g/mol. The van der Waals surface area contributed by atoms with Crippen LogP contribution in [0.2, 0.25) is 0 Å². The second-order valence-corrected chi connectivity index (χ2v) is 9.86. The smallest absolute Gasteiger partial charge is 0.233 e. The molecular weight excluding hydrogens is 420 g/mol. The zero-order chi connectivity index (χ0) is 24.5. The zero-order valence-corrected chi connectivity index (χ0v) is 22.5. The Hall–Kier alpha value is -1.51. The predicted molar refractivity (Wildman–Crippen MR) is 146 cm³/mol. The summed E-state index contributed by atoms with van der Waals surface area (Å²) in [6, 6.07) is 5.43. The number of hydrogen-bond acceptors (Lipinski definition) is 3. The standard InChI is InChI=1S/C31H53O3/c1-3-5-7-9-11-13-15-17-19-21-23-33-30-25-29(28-32)26-31(27-30)34-24-22-20-18-16-14-12-10-8-6-4-2/h25-27H,3-24H2,1-2H3. The second-order valence-electron chi connectivity index (χ2n) is 9.86. The normalized spacial score (nSPS) is 11.0. The van der Waals surface area contributed by atoms with E-state index in [-0.39, 0.29) is 0 Å². The molecular formula is C31H53O3. The molecule has 3 nitrogen and oxygen atoms in total. The summed E-state index contributed by atoms with van der Waals surface area (Å²) in [5.74, 6) is 1.43. The van der Waals surface area contributed by atoms with Crippen LogP contribution in [0.4, 0.5) is 0 Å². The van der Waals surface area contributed by atoms with Gasteiger partial charge in [0.2, 0.25) is 6.29 Å². The van der Waals surface area contributed by atoms with Gasteiger partial charge < -0.3 is 9.47 Å². The van der Waals surface area contributed by atoms with Crippen molar-refractivity contribution in [3.63, 3.8) is 0 Å². The molecule has 1 rings (SSSR count). The molecule has 0 N–H and O–H groups in total. The lowest BCUT2D eigenvalue weighted by Gasteiger charge is -2.11. The van der Waals surface area contributed by atoms with E-state index in [1.807, 2.05) is 12.4 Å². The summed E-state index contributed by atoms with van der Waals surface area (Å²) in [5.41, 5.74) is 0.499. The highest BCUT2D eigenvalue weighted by Gasteiger charge is 2.04. The molecule has 0 bridgehead atoms. The van der Waals surface area contributed by atoms with Crippen molar-refractivity contribution in [3.05, 3.63) is 23.8 Å². The van der Waals surface area contributed by atoms with Crippen molar-refractivity contribution < 1.29 is 14.3 Å². The Morgan fingerprint density at radius 3 is 1.15 bits per heavy atom. The highest BCUT2D eigenvalue weighted by molar-refractivity contribution is 5.77. The van der Waals surface area contributed by atoms with Gasteiger partial charge in [-0.15, -0.1) is 0 Å². The van der Waals surface area contributed by atoms with Crippen LogP contribution in [-0.4, -0.2) is 19.5 Å². The lowest BCUT2D eigenvalue weighted by atomic mass is 10.1. The SMILES string of the molecule is CCCCCCCCCCCCOc1cc([C]=O)cc(OCCCCCCCCCCCC)c1. The van der Waals surface area contributed by atoms with Crippen molar-refractivity contribution >= 4 is 6.29 Å². The minimum absolute atomic E-state index is 0.499. The molecule has 195 valence electrons. The van der Waals surface area contributed by atoms with Crippen LogP contribution in [0.15, 0.2) is 18.2 Å². The fourth-order valence-electron chi connectivity index (χ4n) is 4.36. The highest BCUT2D eigenvalue weighted by atomic mass is 16.5. The van der Waals surface area contributed by atoms with Crippen LogP contribution in [0.5, 0.6) is 11.5 Å². The third-order valence-corrected chi connectivity index (χ3v) is 6.53. The van der Waals surface area contributed by atoms with Gasteiger partial charge in [0.1, 0.15) is 11.5 Å². The van der Waals surface area contributed by atoms with E-state index in [9.17, 15) is 4.79 Å². The molecule has 1 aromatic rings. The molecule has 3 heteroatoms. The summed E-state index contributed by atoms with van der Waals surface area (Å²) < 4.78 is 11.8. The maximum Gasteiger partial charge on any atom is 0.233 e. The van der Waals surface area contributed by atoms with Crippen molar-refractivity contribution in [2.75, 3.05) is 13.2 Å². The van der Waals surface area contributed by atoms with Gasteiger partial charge >= 0.3 is 0 Å². The number of ether oxygens (including phenoxy) is 2. The van der Waals surface area contributed by atoms with E-state index in [2.05, 4.69) is 13.8 Å². The van der Waals surface area contributed by atoms with Crippen molar-refractivity contribution in [2.45, 2.75) is 142 Å². The molecule has 0 unspecified atom stereocenters. The summed E-state index contributed by atoms with van der Waals surface area (Å²) in [7, 11) is 0. The van der Waals surface area contributed by atoms with Crippen molar-refractivity contribution in [1.82, 2.24) is 0 Å². The molecule has 1 aromatic carbocycles. The van der Waals surface area contributed by atoms with E-state index in [0.717, 1.165) is 24.3 Å². The molecule has 0 saturated carbocycles. The minimum Gasteiger partial charge on any atom is -0.493 e. The molecule has 0 aliphatic carbocycles. The maximum atomic E-state index is 11.2. The lowest BCUT2D eigenvalue weighted by molar-refractivity contribution is 0.289. The van der Waals surface area contributed by atoms with Gasteiger partial charge in [-0.2, -0.15) is 0 Å². The fourth-order valence-corrected chi connectivity index (χ4v) is 4.36. The Morgan fingerprint density at radius 2 is 0.824 bits per heavy atom. The van der Waals surface area contributed by atoms with Gasteiger partial charge in [0.25, 0.3) is 0 Å². The van der Waals surface area contributed by atoms with Crippen LogP contribution >= 0.6 is 0 Å². The van der Waals surface area contributed by atoms with E-state index in [1.165, 1.54) is 116 Å². The topological polar surface area (TPSA) is 35.5 Å². The third-order valence-electron chi connectivity index (χ3n) is 6.53. The third kappa shape index (κ3) is 17.9. The Labute approximate surface area is 211 Å². The molecule has 0 spiro atoms. The molecule has 0 heterocycles. The first-order valence-electron chi connectivity index (χ1n) is 14.6. The quantitative estimate of drug-likeness (QED) is 0.133. The molecule has 0 aliphatic heterocycles. The fraction of sp³-hybridized carbons (Fsp3) is 0.774. The first-order chi connectivity index (χ1) is 16.8. The Bertz CT molecular complexity index is 540. The molecule has 0 aromatic heterocycles. The van der Waals surface area contributed by atoms with Gasteiger partial charge in [0.05, 0.1) is 13.2 Å². The number of carbonyl (C=O) groups excluding carboxylic acids is 1. The van der Waals surface area contributed by atoms with E-state index >= 15 is 0 Å². The van der Waals surface area contributed by atoms with E-state index in [4.69, 9.17) is 9.47 Å². The minimum atomic E-state index is 0.499. The van der Waals surface area contributed by atoms with Gasteiger partial charge in [-0.25, -0.2) is 0 Å². The summed E-state index contributed by atoms with van der Waals surface area (Å²) in [6.07, 6.45) is 28.2. The summed E-state index contributed by atoms with van der Waals surface area (Å²) in [4.78, 5) is 11.2. The number of benzene rings is 1. The monoisotopic (exact) mass is 473 g/mol. The van der Waals surface area contributed by atoms with Gasteiger partial charge in [0.15, 0.2) is 0 Å². The average Bonchev–Trinajstić information content (AvgIpc) is 2.85. The Balaban J connectivity index is 2.10. The molecule has 0 fully saturated rings. The van der Waals surface area contributed by atoms with Gasteiger partial charge in [0, 0.05) is 11.6 Å². The summed E-state index contributed by atoms with van der Waals surface area (Å²) in [6.45, 7) is 5.92. The molecule has 0 aliphatic rings. The lowest BCUT2D eigenvalue weighted by Crippen LogP contribution is -2.01. The van der Waals surface area contributed by atoms with Crippen molar-refractivity contribution in [1.29, 1.82) is 0 Å². The van der Waals surface area contributed by atoms with E-state index in [1.54, 1.807) is 12.1 Å². The first-order valence-corrected chi connectivity index (χ1v) is 14.6. The summed E-state index contributed by atoms with van der Waals surface area (Å²) >= 11 is 0. The van der Waals surface area contributed by atoms with Gasteiger partial charge in [-0.1, -0.05) is 129 Å². The van der Waals surface area contributed by atoms with E-state index < -0.39 is 0 Å². The Kier molecular flexibility index (Phi) is 20.9. The maximum absolute atomic E-state index is 11.2. The first kappa shape index (κ1) is 30.5. The number of rotatable bonds is 25. The van der Waals surface area contributed by atoms with Crippen LogP contribution in [0.3, 0.4) is 0 Å². The molecule has 0 amide bonds. The molecule has 1 radical (unpaired) electrons. The van der Waals surface area contributed by atoms with Crippen LogP contribution in [0, 0.1) is 0 Å². The van der Waals surface area contributed by atoms with Crippen molar-refractivity contribution in [2.24, 2.45) is 0 Å². The highest BCUT2D eigenvalue weighted by Crippen LogP contribution is 2.23. The molecule has 0 atom stereocenters. The number of unbranched alkanes of at least 4 members (excludes halogenated alkanes) is 18. The summed E-state index contributed by atoms with van der Waals surface area (Å²) in [5, 5.41) is 0. The van der Waals surface area contributed by atoms with Crippen LogP contribution < -0.4 is 9.47 Å². The zero-order valence-electron chi connectivity index (χ0n) is 22.5. The van der Waals surface area contributed by atoms with Crippen LogP contribution in [-0.2, 0) is 4.79 Å². The largest absolute Gasteiger partial charge is 0.493 e. The van der Waals surface area contributed by atoms with Gasteiger partial charge in [-0.05, 0) is 25.0 Å². The Morgan fingerprint density at radius 1 is 0.500 bits per heavy atom. The van der Waals surface area contributed by atoms with Crippen LogP contribution in [0.1, 0.15) is 148 Å².